The zero-order valence-corrected chi connectivity index (χ0v) is 11.9. The Balaban J connectivity index is 0.00000121. The molecule has 0 heterocycles. The van der Waals surface area contributed by atoms with Crippen LogP contribution < -0.4 is 0 Å². The third-order valence-corrected chi connectivity index (χ3v) is 2.39. The van der Waals surface area contributed by atoms with Crippen molar-refractivity contribution < 1.29 is 13.0 Å². The first kappa shape index (κ1) is 12.1. The molecule has 0 amide bonds. The molecular formula is C7H8O3STl. The molecule has 0 fully saturated rings. The van der Waals surface area contributed by atoms with E-state index in [2.05, 4.69) is 0 Å². The van der Waals surface area contributed by atoms with Gasteiger partial charge in [-0.2, -0.15) is 8.42 Å². The summed E-state index contributed by atoms with van der Waals surface area (Å²) in [5.41, 5.74) is 0.551. The van der Waals surface area contributed by atoms with Gasteiger partial charge in [0.15, 0.2) is 0 Å². The predicted molar refractivity (Wildman–Crippen MR) is 46.7 cm³/mol. The van der Waals surface area contributed by atoms with Crippen LogP contribution in [0.3, 0.4) is 0 Å². The molecule has 0 atom stereocenters. The first-order chi connectivity index (χ1) is 5.02. The van der Waals surface area contributed by atoms with Crippen molar-refractivity contribution in [2.45, 2.75) is 11.8 Å². The van der Waals surface area contributed by atoms with Crippen LogP contribution >= 0.6 is 0 Å². The monoisotopic (exact) mass is 377 g/mol. The van der Waals surface area contributed by atoms with E-state index in [1.165, 1.54) is 6.07 Å². The maximum atomic E-state index is 10.6. The van der Waals surface area contributed by atoms with Crippen molar-refractivity contribution in [1.29, 1.82) is 0 Å². The van der Waals surface area contributed by atoms with E-state index >= 15 is 0 Å². The van der Waals surface area contributed by atoms with Crippen LogP contribution in [0.15, 0.2) is 29.2 Å². The van der Waals surface area contributed by atoms with Gasteiger partial charge in [0.2, 0.25) is 0 Å². The Morgan fingerprint density at radius 2 is 1.75 bits per heavy atom. The fourth-order valence-electron chi connectivity index (χ4n) is 0.846. The summed E-state index contributed by atoms with van der Waals surface area (Å²) in [6, 6.07) is 6.27. The fourth-order valence-corrected chi connectivity index (χ4v) is 1.57. The van der Waals surface area contributed by atoms with Crippen LogP contribution in [0.2, 0.25) is 0 Å². The Bertz CT molecular complexity index is 359. The second-order valence-electron chi connectivity index (χ2n) is 2.24. The molecule has 0 saturated heterocycles. The molecule has 0 bridgehead atoms. The number of hydrogen-bond donors (Lipinski definition) is 1. The molecule has 0 aliphatic carbocycles. The third-order valence-electron chi connectivity index (χ3n) is 1.37. The second-order valence-corrected chi connectivity index (χ2v) is 3.63. The summed E-state index contributed by atoms with van der Waals surface area (Å²) in [4.78, 5) is -0.0278. The maximum absolute atomic E-state index is 10.6. The van der Waals surface area contributed by atoms with Gasteiger partial charge in [-0.05, 0) is 18.6 Å². The van der Waals surface area contributed by atoms with Crippen LogP contribution in [0, 0.1) is 6.92 Å². The van der Waals surface area contributed by atoms with Gasteiger partial charge in [0.1, 0.15) is 0 Å². The van der Waals surface area contributed by atoms with Crippen LogP contribution in [0.4, 0.5) is 0 Å². The summed E-state index contributed by atoms with van der Waals surface area (Å²) in [7, 11) is -4.03. The molecule has 1 N–H and O–H groups in total. The molecule has 12 heavy (non-hydrogen) atoms. The van der Waals surface area contributed by atoms with Gasteiger partial charge in [-0.1, -0.05) is 18.2 Å². The molecule has 3 nitrogen and oxygen atoms in total. The number of aryl methyl sites for hydroxylation is 1. The van der Waals surface area contributed by atoms with Gasteiger partial charge in [0.25, 0.3) is 10.1 Å². The van der Waals surface area contributed by atoms with Crippen LogP contribution in [0.25, 0.3) is 0 Å². The summed E-state index contributed by atoms with van der Waals surface area (Å²) in [5, 5.41) is 0. The van der Waals surface area contributed by atoms with Crippen molar-refractivity contribution in [2.75, 3.05) is 0 Å². The van der Waals surface area contributed by atoms with Gasteiger partial charge in [0.05, 0.1) is 4.90 Å². The van der Waals surface area contributed by atoms with Crippen molar-refractivity contribution in [2.24, 2.45) is 0 Å². The summed E-state index contributed by atoms with van der Waals surface area (Å²) >= 11 is 0. The van der Waals surface area contributed by atoms with Crippen molar-refractivity contribution in [1.82, 2.24) is 0 Å². The van der Waals surface area contributed by atoms with E-state index in [4.69, 9.17) is 4.55 Å². The average molecular weight is 377 g/mol. The fraction of sp³-hybridized carbons (Fsp3) is 0.143. The zero-order valence-electron chi connectivity index (χ0n) is 6.56. The summed E-state index contributed by atoms with van der Waals surface area (Å²) in [5.74, 6) is 0. The zero-order chi connectivity index (χ0) is 8.48. The second kappa shape index (κ2) is 4.33. The average Bonchev–Trinajstić information content (AvgIpc) is 1.86. The minimum Gasteiger partial charge on any atom is -0.282 e. The maximum Gasteiger partial charge on any atom is 0.294 e. The Morgan fingerprint density at radius 1 is 1.25 bits per heavy atom. The molecule has 1 aromatic carbocycles. The molecule has 63 valence electrons. The molecule has 1 rings (SSSR count). The molecule has 1 aromatic rings. The molecule has 0 spiro atoms. The van der Waals surface area contributed by atoms with Gasteiger partial charge in [-0.25, -0.2) is 0 Å². The molecule has 0 unspecified atom stereocenters. The van der Waals surface area contributed by atoms with Crippen LogP contribution in [0.5, 0.6) is 0 Å². The van der Waals surface area contributed by atoms with Crippen LogP contribution in [-0.4, -0.2) is 40.3 Å². The van der Waals surface area contributed by atoms with Crippen molar-refractivity contribution >= 4 is 37.4 Å². The largest absolute Gasteiger partial charge is 0.294 e. The van der Waals surface area contributed by atoms with Crippen LogP contribution in [-0.2, 0) is 10.1 Å². The number of benzene rings is 1. The van der Waals surface area contributed by atoms with E-state index in [0.717, 1.165) is 0 Å². The minimum absolute atomic E-state index is 0. The molecule has 0 aromatic heterocycles. The number of rotatable bonds is 1. The summed E-state index contributed by atoms with van der Waals surface area (Å²) in [6.45, 7) is 1.63. The van der Waals surface area contributed by atoms with Crippen molar-refractivity contribution in [3.05, 3.63) is 29.8 Å². The first-order valence-corrected chi connectivity index (χ1v) is 4.49. The Kier molecular flexibility index (Phi) is 4.35. The normalized spacial score (nSPS) is 10.5. The standard InChI is InChI=1S/C7H8O3S.Tl/c1-6-4-2-3-5-7(6)11(8,9)10;/h2-5H,1H3,(H,8,9,10);. The van der Waals surface area contributed by atoms with E-state index in [9.17, 15) is 8.42 Å². The van der Waals surface area contributed by atoms with Gasteiger partial charge in [-0.15, -0.1) is 0 Å². The van der Waals surface area contributed by atoms with E-state index in [1.54, 1.807) is 25.1 Å². The van der Waals surface area contributed by atoms with Crippen molar-refractivity contribution in [3.63, 3.8) is 0 Å². The third kappa shape index (κ3) is 2.83. The molecular weight excluding hydrogens is 369 g/mol. The smallest absolute Gasteiger partial charge is 0.282 e. The molecule has 1 radical (unpaired) electrons. The van der Waals surface area contributed by atoms with Gasteiger partial charge >= 0.3 is 0 Å². The van der Waals surface area contributed by atoms with E-state index in [0.29, 0.717) is 5.56 Å². The van der Waals surface area contributed by atoms with Crippen molar-refractivity contribution in [3.8, 4) is 0 Å². The molecule has 0 saturated carbocycles. The molecule has 0 aliphatic rings. The van der Waals surface area contributed by atoms with E-state index in [-0.39, 0.29) is 32.2 Å². The van der Waals surface area contributed by atoms with Gasteiger partial charge in [-0.3, -0.25) is 4.55 Å². The SMILES string of the molecule is Cc1ccccc1S(=O)(=O)O.[Tl]. The summed E-state index contributed by atoms with van der Waals surface area (Å²) in [6.07, 6.45) is 0. The van der Waals surface area contributed by atoms with Crippen LogP contribution in [0.1, 0.15) is 5.56 Å². The molecule has 0 aliphatic heterocycles. The van der Waals surface area contributed by atoms with E-state index < -0.39 is 10.1 Å². The summed E-state index contributed by atoms with van der Waals surface area (Å²) < 4.78 is 29.9. The first-order valence-electron chi connectivity index (χ1n) is 3.05. The Hall–Kier alpha value is 0.0521. The Morgan fingerprint density at radius 3 is 2.08 bits per heavy atom. The predicted octanol–water partition coefficient (Wildman–Crippen LogP) is 0.861. The quantitative estimate of drug-likeness (QED) is 0.584. The van der Waals surface area contributed by atoms with Gasteiger partial charge < -0.3 is 0 Å². The topological polar surface area (TPSA) is 54.4 Å². The van der Waals surface area contributed by atoms with E-state index in [1.807, 2.05) is 0 Å². The Labute approximate surface area is 91.7 Å². The number of hydrogen-bond acceptors (Lipinski definition) is 2. The van der Waals surface area contributed by atoms with Gasteiger partial charge in [0, 0.05) is 27.3 Å². The minimum atomic E-state index is -4.03. The molecule has 5 heteroatoms.